The molecule has 0 atom stereocenters. The van der Waals surface area contributed by atoms with Gasteiger partial charge >= 0.3 is 0 Å². The quantitative estimate of drug-likeness (QED) is 0.197. The smallest absolute Gasteiger partial charge is 0.164 e. The molecular formula is C47H26B5N3. The number of hydrogen-bond donors (Lipinski definition) is 0. The molecule has 0 amide bonds. The van der Waals surface area contributed by atoms with Crippen LogP contribution < -0.4 is 27.3 Å². The van der Waals surface area contributed by atoms with Gasteiger partial charge in [0.15, 0.2) is 17.5 Å². The number of aromatic nitrogens is 3. The normalized spacial score (nSPS) is 11.3. The number of fused-ring (bicyclic) bond motifs is 2. The van der Waals surface area contributed by atoms with Crippen LogP contribution in [0.15, 0.2) is 158 Å². The molecule has 9 aromatic rings. The molecule has 3 nitrogen and oxygen atoms in total. The first-order valence-electron chi connectivity index (χ1n) is 17.9. The standard InChI is InChI=1S/C47H26B5N3/c48-40-39(41(49)43(51)44(52)42(40)50)38-24-23-35(36-20-6-7-21-37(36)38)30-16-9-18-32(26-30)47-54-45(28-12-2-1-3-13-28)53-46(55-47)31-17-8-15-29(25-31)34-22-10-14-27-11-4-5-19-33(27)34/h1-26H. The van der Waals surface area contributed by atoms with Gasteiger partial charge in [0.05, 0.1) is 0 Å². The van der Waals surface area contributed by atoms with E-state index in [1.807, 2.05) is 66.7 Å². The van der Waals surface area contributed by atoms with E-state index in [1.54, 1.807) is 0 Å². The lowest BCUT2D eigenvalue weighted by atomic mass is 9.59. The van der Waals surface area contributed by atoms with E-state index in [0.29, 0.717) is 34.0 Å². The summed E-state index contributed by atoms with van der Waals surface area (Å²) in [4.78, 5) is 15.2. The number of benzene rings is 8. The van der Waals surface area contributed by atoms with Crippen molar-refractivity contribution in [2.45, 2.75) is 0 Å². The summed E-state index contributed by atoms with van der Waals surface area (Å²) in [6.07, 6.45) is 0. The Morgan fingerprint density at radius 1 is 0.291 bits per heavy atom. The van der Waals surface area contributed by atoms with Crippen LogP contribution in [0.4, 0.5) is 0 Å². The highest BCUT2D eigenvalue weighted by atomic mass is 15.0. The van der Waals surface area contributed by atoms with E-state index >= 15 is 0 Å². The zero-order valence-corrected chi connectivity index (χ0v) is 29.7. The maximum Gasteiger partial charge on any atom is 0.164 e. The van der Waals surface area contributed by atoms with Crippen molar-refractivity contribution in [1.29, 1.82) is 0 Å². The first-order valence-corrected chi connectivity index (χ1v) is 17.9. The number of nitrogens with zero attached hydrogens (tertiary/aromatic N) is 3. The second-order valence-electron chi connectivity index (χ2n) is 13.5. The minimum atomic E-state index is 0.186. The molecule has 244 valence electrons. The van der Waals surface area contributed by atoms with E-state index in [-0.39, 0.29) is 16.4 Å². The highest BCUT2D eigenvalue weighted by molar-refractivity contribution is 6.68. The van der Waals surface area contributed by atoms with Crippen LogP contribution in [0, 0.1) is 0 Å². The molecular weight excluding hydrogens is 661 g/mol. The van der Waals surface area contributed by atoms with Crippen LogP contribution in [-0.2, 0) is 0 Å². The Bertz CT molecular complexity index is 2910. The molecule has 0 N–H and O–H groups in total. The van der Waals surface area contributed by atoms with E-state index < -0.39 is 0 Å². The van der Waals surface area contributed by atoms with Gasteiger partial charge < -0.3 is 0 Å². The molecule has 9 rings (SSSR count). The maximum absolute atomic E-state index is 6.52. The third-order valence-electron chi connectivity index (χ3n) is 10.2. The summed E-state index contributed by atoms with van der Waals surface area (Å²) in [5.74, 6) is 1.74. The second-order valence-corrected chi connectivity index (χ2v) is 13.5. The average molecular weight is 687 g/mol. The van der Waals surface area contributed by atoms with Crippen molar-refractivity contribution in [2.24, 2.45) is 0 Å². The topological polar surface area (TPSA) is 38.7 Å². The summed E-state index contributed by atoms with van der Waals surface area (Å²) >= 11 is 0. The minimum absolute atomic E-state index is 0.186. The van der Waals surface area contributed by atoms with Gasteiger partial charge in [0.1, 0.15) is 39.2 Å². The molecule has 1 heterocycles. The van der Waals surface area contributed by atoms with E-state index in [2.05, 4.69) is 91.0 Å². The fourth-order valence-corrected chi connectivity index (χ4v) is 7.39. The SMILES string of the molecule is [B]c1c([B])c([B])c(-c2ccc(-c3cccc(-c4nc(-c5ccccc5)nc(-c5cccc(-c6cccc7ccccc67)c5)n4)c3)c3ccccc23)c([B])c1[B]. The van der Waals surface area contributed by atoms with Crippen molar-refractivity contribution >= 4 is 88.1 Å². The van der Waals surface area contributed by atoms with Crippen LogP contribution in [0.1, 0.15) is 0 Å². The molecule has 0 aliphatic rings. The largest absolute Gasteiger partial charge is 0.208 e. The van der Waals surface area contributed by atoms with Crippen molar-refractivity contribution < 1.29 is 0 Å². The summed E-state index contributed by atoms with van der Waals surface area (Å²) < 4.78 is 0. The van der Waals surface area contributed by atoms with Crippen LogP contribution in [0.5, 0.6) is 0 Å². The van der Waals surface area contributed by atoms with Crippen molar-refractivity contribution in [1.82, 2.24) is 15.0 Å². The van der Waals surface area contributed by atoms with Gasteiger partial charge in [-0.05, 0) is 67.1 Å². The molecule has 1 aromatic heterocycles. The second kappa shape index (κ2) is 14.1. The lowest BCUT2D eigenvalue weighted by Gasteiger charge is -2.23. The Morgan fingerprint density at radius 3 is 1.31 bits per heavy atom. The van der Waals surface area contributed by atoms with Gasteiger partial charge in [-0.2, -0.15) is 0 Å². The summed E-state index contributed by atoms with van der Waals surface area (Å²) in [7, 11) is 31.7. The van der Waals surface area contributed by atoms with Crippen molar-refractivity contribution in [2.75, 3.05) is 0 Å². The average Bonchev–Trinajstić information content (AvgIpc) is 3.25. The molecule has 0 bridgehead atoms. The highest BCUT2D eigenvalue weighted by Crippen LogP contribution is 2.37. The van der Waals surface area contributed by atoms with Gasteiger partial charge in [0, 0.05) is 16.7 Å². The minimum Gasteiger partial charge on any atom is -0.208 e. The maximum atomic E-state index is 6.52. The van der Waals surface area contributed by atoms with E-state index in [9.17, 15) is 0 Å². The molecule has 0 unspecified atom stereocenters. The third kappa shape index (κ3) is 6.18. The van der Waals surface area contributed by atoms with Gasteiger partial charge in [-0.3, -0.25) is 0 Å². The van der Waals surface area contributed by atoms with Crippen LogP contribution in [0.25, 0.3) is 89.1 Å². The summed E-state index contributed by atoms with van der Waals surface area (Å²) in [5.41, 5.74) is 9.47. The fourth-order valence-electron chi connectivity index (χ4n) is 7.39. The highest BCUT2D eigenvalue weighted by Gasteiger charge is 2.18. The van der Waals surface area contributed by atoms with Gasteiger partial charge in [0.2, 0.25) is 0 Å². The van der Waals surface area contributed by atoms with Crippen LogP contribution in [0.2, 0.25) is 0 Å². The Kier molecular flexibility index (Phi) is 8.83. The molecule has 0 aliphatic heterocycles. The lowest BCUT2D eigenvalue weighted by molar-refractivity contribution is 1.07. The molecule has 8 aromatic carbocycles. The van der Waals surface area contributed by atoms with Gasteiger partial charge in [-0.1, -0.05) is 157 Å². The Morgan fingerprint density at radius 2 is 0.691 bits per heavy atom. The molecule has 55 heavy (non-hydrogen) atoms. The summed E-state index contributed by atoms with van der Waals surface area (Å²) in [5, 5.41) is 4.31. The monoisotopic (exact) mass is 687 g/mol. The molecule has 0 saturated heterocycles. The number of rotatable bonds is 6. The Labute approximate surface area is 327 Å². The Hall–Kier alpha value is -6.39. The first-order chi connectivity index (χ1) is 26.9. The predicted octanol–water partition coefficient (Wildman–Crippen LogP) is 6.15. The third-order valence-corrected chi connectivity index (χ3v) is 10.2. The molecule has 8 heteroatoms. The Balaban J connectivity index is 1.18. The van der Waals surface area contributed by atoms with Crippen molar-refractivity contribution in [3.8, 4) is 67.5 Å². The summed E-state index contributed by atoms with van der Waals surface area (Å²) in [6, 6.07) is 53.6. The first kappa shape index (κ1) is 34.4. The van der Waals surface area contributed by atoms with E-state index in [1.165, 1.54) is 10.8 Å². The zero-order chi connectivity index (χ0) is 37.6. The van der Waals surface area contributed by atoms with Crippen LogP contribution in [0.3, 0.4) is 0 Å². The van der Waals surface area contributed by atoms with E-state index in [0.717, 1.165) is 55.3 Å². The molecule has 0 saturated carbocycles. The van der Waals surface area contributed by atoms with Crippen LogP contribution >= 0.6 is 0 Å². The van der Waals surface area contributed by atoms with Gasteiger partial charge in [-0.15, -0.1) is 16.4 Å². The lowest BCUT2D eigenvalue weighted by Crippen LogP contribution is -2.55. The summed E-state index contributed by atoms with van der Waals surface area (Å²) in [6.45, 7) is 0. The fraction of sp³-hybridized carbons (Fsp3) is 0. The van der Waals surface area contributed by atoms with Crippen molar-refractivity contribution in [3.63, 3.8) is 0 Å². The van der Waals surface area contributed by atoms with Crippen LogP contribution in [-0.4, -0.2) is 54.2 Å². The molecule has 0 spiro atoms. The number of hydrogen-bond acceptors (Lipinski definition) is 3. The van der Waals surface area contributed by atoms with Crippen molar-refractivity contribution in [3.05, 3.63) is 158 Å². The molecule has 0 aliphatic carbocycles. The van der Waals surface area contributed by atoms with Gasteiger partial charge in [-0.25, -0.2) is 15.0 Å². The molecule has 10 radical (unpaired) electrons. The van der Waals surface area contributed by atoms with E-state index in [4.69, 9.17) is 54.2 Å². The predicted molar refractivity (Wildman–Crippen MR) is 234 cm³/mol. The molecule has 0 fully saturated rings. The van der Waals surface area contributed by atoms with Gasteiger partial charge in [0.25, 0.3) is 0 Å². The zero-order valence-electron chi connectivity index (χ0n) is 29.7.